The standard InChI is InChI=1S/C7H16N2O2/c1-3-4-5-6(7(10)11)9-8-2/h6,8-9H,3-5H2,1-2H3,(H,10,11). The summed E-state index contributed by atoms with van der Waals surface area (Å²) >= 11 is 0. The molecule has 1 atom stereocenters. The number of unbranched alkanes of at least 4 members (excludes halogenated alkanes) is 1. The van der Waals surface area contributed by atoms with Crippen molar-refractivity contribution in [1.29, 1.82) is 0 Å². The number of aliphatic carboxylic acids is 1. The Morgan fingerprint density at radius 1 is 1.64 bits per heavy atom. The van der Waals surface area contributed by atoms with Gasteiger partial charge in [-0.2, -0.15) is 0 Å². The highest BCUT2D eigenvalue weighted by molar-refractivity contribution is 5.73. The molecule has 0 aliphatic heterocycles. The van der Waals surface area contributed by atoms with Crippen LogP contribution < -0.4 is 10.9 Å². The molecule has 0 aliphatic carbocycles. The number of hydrogen-bond acceptors (Lipinski definition) is 3. The number of nitrogens with one attached hydrogen (secondary N) is 2. The summed E-state index contributed by atoms with van der Waals surface area (Å²) in [5.41, 5.74) is 5.29. The second-order valence-electron chi connectivity index (χ2n) is 2.43. The third-order valence-corrected chi connectivity index (χ3v) is 1.46. The molecule has 4 heteroatoms. The van der Waals surface area contributed by atoms with Crippen LogP contribution >= 0.6 is 0 Å². The predicted octanol–water partition coefficient (Wildman–Crippen LogP) is 0.354. The monoisotopic (exact) mass is 160 g/mol. The third-order valence-electron chi connectivity index (χ3n) is 1.46. The maximum atomic E-state index is 10.5. The largest absolute Gasteiger partial charge is 0.480 e. The van der Waals surface area contributed by atoms with Crippen molar-refractivity contribution in [1.82, 2.24) is 10.9 Å². The van der Waals surface area contributed by atoms with Gasteiger partial charge in [-0.15, -0.1) is 0 Å². The molecule has 0 bridgehead atoms. The summed E-state index contributed by atoms with van der Waals surface area (Å²) in [5.74, 6) is -0.798. The van der Waals surface area contributed by atoms with Crippen LogP contribution in [0.5, 0.6) is 0 Å². The summed E-state index contributed by atoms with van der Waals surface area (Å²) in [5, 5.41) is 8.63. The summed E-state index contributed by atoms with van der Waals surface area (Å²) in [6.07, 6.45) is 2.63. The average Bonchev–Trinajstić information content (AvgIpc) is 1.97. The molecule has 0 heterocycles. The highest BCUT2D eigenvalue weighted by Gasteiger charge is 2.14. The van der Waals surface area contributed by atoms with Crippen LogP contribution in [0.1, 0.15) is 26.2 Å². The highest BCUT2D eigenvalue weighted by Crippen LogP contribution is 1.99. The lowest BCUT2D eigenvalue weighted by Gasteiger charge is -2.11. The smallest absolute Gasteiger partial charge is 0.322 e. The summed E-state index contributed by atoms with van der Waals surface area (Å²) in [6, 6.07) is -0.458. The summed E-state index contributed by atoms with van der Waals surface area (Å²) in [4.78, 5) is 10.5. The molecule has 0 spiro atoms. The molecule has 0 aromatic carbocycles. The van der Waals surface area contributed by atoms with Gasteiger partial charge in [-0.1, -0.05) is 19.8 Å². The van der Waals surface area contributed by atoms with Crippen molar-refractivity contribution in [3.8, 4) is 0 Å². The minimum absolute atomic E-state index is 0.458. The minimum Gasteiger partial charge on any atom is -0.480 e. The van der Waals surface area contributed by atoms with E-state index in [4.69, 9.17) is 5.11 Å². The van der Waals surface area contributed by atoms with Crippen molar-refractivity contribution in [3.05, 3.63) is 0 Å². The van der Waals surface area contributed by atoms with E-state index in [1.165, 1.54) is 0 Å². The van der Waals surface area contributed by atoms with E-state index in [0.29, 0.717) is 6.42 Å². The maximum Gasteiger partial charge on any atom is 0.322 e. The number of carbonyl (C=O) groups is 1. The normalized spacial score (nSPS) is 12.9. The van der Waals surface area contributed by atoms with E-state index in [1.54, 1.807) is 7.05 Å². The zero-order chi connectivity index (χ0) is 8.69. The highest BCUT2D eigenvalue weighted by atomic mass is 16.4. The number of rotatable bonds is 6. The summed E-state index contributed by atoms with van der Waals surface area (Å²) in [6.45, 7) is 2.04. The number of carboxylic acids is 1. The summed E-state index contributed by atoms with van der Waals surface area (Å²) < 4.78 is 0. The molecule has 0 rings (SSSR count). The van der Waals surface area contributed by atoms with Crippen molar-refractivity contribution < 1.29 is 9.90 Å². The molecular formula is C7H16N2O2. The first-order chi connectivity index (χ1) is 5.22. The van der Waals surface area contributed by atoms with Crippen molar-refractivity contribution in [2.45, 2.75) is 32.2 Å². The van der Waals surface area contributed by atoms with Gasteiger partial charge in [-0.25, -0.2) is 5.43 Å². The van der Waals surface area contributed by atoms with Gasteiger partial charge in [-0.05, 0) is 13.5 Å². The van der Waals surface area contributed by atoms with Crippen LogP contribution in [0.15, 0.2) is 0 Å². The number of carboxylic acid groups (broad SMARTS) is 1. The second kappa shape index (κ2) is 6.12. The Morgan fingerprint density at radius 3 is 2.64 bits per heavy atom. The van der Waals surface area contributed by atoms with Crippen molar-refractivity contribution >= 4 is 5.97 Å². The van der Waals surface area contributed by atoms with Crippen LogP contribution in [0, 0.1) is 0 Å². The zero-order valence-electron chi connectivity index (χ0n) is 7.05. The Balaban J connectivity index is 3.60. The van der Waals surface area contributed by atoms with E-state index in [1.807, 2.05) is 6.92 Å². The van der Waals surface area contributed by atoms with Gasteiger partial charge in [0.15, 0.2) is 0 Å². The lowest BCUT2D eigenvalue weighted by molar-refractivity contribution is -0.140. The fraction of sp³-hybridized carbons (Fsp3) is 0.857. The quantitative estimate of drug-likeness (QED) is 0.491. The van der Waals surface area contributed by atoms with Crippen LogP contribution in [-0.4, -0.2) is 24.2 Å². The van der Waals surface area contributed by atoms with Crippen molar-refractivity contribution in [2.75, 3.05) is 7.05 Å². The van der Waals surface area contributed by atoms with Crippen LogP contribution in [0.4, 0.5) is 0 Å². The molecule has 66 valence electrons. The fourth-order valence-corrected chi connectivity index (χ4v) is 0.840. The Kier molecular flexibility index (Phi) is 5.78. The van der Waals surface area contributed by atoms with Gasteiger partial charge in [0.25, 0.3) is 0 Å². The maximum absolute atomic E-state index is 10.5. The van der Waals surface area contributed by atoms with E-state index in [0.717, 1.165) is 12.8 Å². The van der Waals surface area contributed by atoms with Crippen molar-refractivity contribution in [2.24, 2.45) is 0 Å². The number of hydrazine groups is 1. The van der Waals surface area contributed by atoms with E-state index >= 15 is 0 Å². The topological polar surface area (TPSA) is 61.4 Å². The molecule has 0 aliphatic rings. The van der Waals surface area contributed by atoms with E-state index in [-0.39, 0.29) is 0 Å². The fourth-order valence-electron chi connectivity index (χ4n) is 0.840. The van der Waals surface area contributed by atoms with E-state index < -0.39 is 12.0 Å². The molecule has 0 amide bonds. The van der Waals surface area contributed by atoms with Gasteiger partial charge in [0.2, 0.25) is 0 Å². The van der Waals surface area contributed by atoms with Crippen LogP contribution in [0.2, 0.25) is 0 Å². The van der Waals surface area contributed by atoms with Gasteiger partial charge in [0.1, 0.15) is 6.04 Å². The van der Waals surface area contributed by atoms with Crippen LogP contribution in [-0.2, 0) is 4.79 Å². The minimum atomic E-state index is -0.798. The van der Waals surface area contributed by atoms with E-state index in [9.17, 15) is 4.79 Å². The molecule has 3 N–H and O–H groups in total. The van der Waals surface area contributed by atoms with E-state index in [2.05, 4.69) is 10.9 Å². The van der Waals surface area contributed by atoms with Crippen LogP contribution in [0.3, 0.4) is 0 Å². The third kappa shape index (κ3) is 4.75. The molecule has 0 radical (unpaired) electrons. The first kappa shape index (κ1) is 10.4. The average molecular weight is 160 g/mol. The van der Waals surface area contributed by atoms with Gasteiger partial charge < -0.3 is 5.11 Å². The van der Waals surface area contributed by atoms with Gasteiger partial charge in [-0.3, -0.25) is 10.2 Å². The molecule has 0 fully saturated rings. The molecule has 1 unspecified atom stereocenters. The summed E-state index contributed by atoms with van der Waals surface area (Å²) in [7, 11) is 1.67. The van der Waals surface area contributed by atoms with Gasteiger partial charge >= 0.3 is 5.97 Å². The Labute approximate surface area is 67.0 Å². The first-order valence-corrected chi connectivity index (χ1v) is 3.87. The SMILES string of the molecule is CCCCC(NNC)C(=O)O. The molecule has 4 nitrogen and oxygen atoms in total. The molecule has 0 aromatic heterocycles. The first-order valence-electron chi connectivity index (χ1n) is 3.87. The number of hydrogen-bond donors (Lipinski definition) is 3. The lowest BCUT2D eigenvalue weighted by atomic mass is 10.1. The molecule has 0 saturated heterocycles. The Bertz CT molecular complexity index is 117. The second-order valence-corrected chi connectivity index (χ2v) is 2.43. The lowest BCUT2D eigenvalue weighted by Crippen LogP contribution is -2.43. The molecular weight excluding hydrogens is 144 g/mol. The zero-order valence-corrected chi connectivity index (χ0v) is 7.05. The molecule has 0 aromatic rings. The Hall–Kier alpha value is -0.610. The predicted molar refractivity (Wildman–Crippen MR) is 43.1 cm³/mol. The van der Waals surface area contributed by atoms with Crippen LogP contribution in [0.25, 0.3) is 0 Å². The molecule has 11 heavy (non-hydrogen) atoms. The van der Waals surface area contributed by atoms with Gasteiger partial charge in [0.05, 0.1) is 0 Å². The molecule has 0 saturated carbocycles. The van der Waals surface area contributed by atoms with Gasteiger partial charge in [0, 0.05) is 0 Å². The van der Waals surface area contributed by atoms with Crippen molar-refractivity contribution in [3.63, 3.8) is 0 Å². The Morgan fingerprint density at radius 2 is 2.27 bits per heavy atom.